The Morgan fingerprint density at radius 2 is 2.03 bits per heavy atom. The van der Waals surface area contributed by atoms with E-state index in [1.807, 2.05) is 19.9 Å². The lowest BCUT2D eigenvalue weighted by atomic mass is 10.00. The lowest BCUT2D eigenvalue weighted by Crippen LogP contribution is -2.34. The lowest BCUT2D eigenvalue weighted by Gasteiger charge is -2.14. The van der Waals surface area contributed by atoms with Gasteiger partial charge in [0.1, 0.15) is 16.8 Å². The van der Waals surface area contributed by atoms with E-state index in [1.165, 1.54) is 0 Å². The molecule has 0 saturated heterocycles. The van der Waals surface area contributed by atoms with Gasteiger partial charge in [0.25, 0.3) is 0 Å². The minimum atomic E-state index is -0.464. The number of anilines is 3. The standard InChI is InChI=1S/C21H27ClN8O/c1-6-8-30-20-19(13(5)29-30)15(12(3)4)11-18(26-20)27-28-21(31)24-14-9-16(22)25-17(10-14)23-7-2/h6,9-12H,1,7-8H2,2-5H3,(H,26,27)(H3,23,24,25,28,31). The van der Waals surface area contributed by atoms with Gasteiger partial charge in [-0.15, -0.1) is 6.58 Å². The van der Waals surface area contributed by atoms with E-state index < -0.39 is 6.03 Å². The van der Waals surface area contributed by atoms with Crippen LogP contribution in [0.5, 0.6) is 0 Å². The van der Waals surface area contributed by atoms with Crippen LogP contribution in [0.1, 0.15) is 37.9 Å². The summed E-state index contributed by atoms with van der Waals surface area (Å²) in [6.45, 7) is 13.2. The SMILES string of the molecule is C=CCn1nc(C)c2c(C(C)C)cc(NNC(=O)Nc3cc(Cl)nc(NCC)c3)nc21. The summed E-state index contributed by atoms with van der Waals surface area (Å²) in [5, 5.41) is 11.7. The van der Waals surface area contributed by atoms with Crippen molar-refractivity contribution in [3.8, 4) is 0 Å². The minimum Gasteiger partial charge on any atom is -0.370 e. The van der Waals surface area contributed by atoms with Gasteiger partial charge in [0.2, 0.25) is 0 Å². The molecule has 0 saturated carbocycles. The number of halogens is 1. The van der Waals surface area contributed by atoms with E-state index in [1.54, 1.807) is 22.9 Å². The number of carbonyl (C=O) groups is 1. The summed E-state index contributed by atoms with van der Waals surface area (Å²) >= 11 is 6.02. The summed E-state index contributed by atoms with van der Waals surface area (Å²) in [5.41, 5.74) is 8.76. The van der Waals surface area contributed by atoms with Crippen LogP contribution in [-0.2, 0) is 6.54 Å². The molecule has 0 unspecified atom stereocenters. The van der Waals surface area contributed by atoms with Gasteiger partial charge in [-0.05, 0) is 37.5 Å². The average molecular weight is 443 g/mol. The Balaban J connectivity index is 1.79. The molecule has 0 bridgehead atoms. The molecule has 3 heterocycles. The number of allylic oxidation sites excluding steroid dienone is 1. The second-order valence-corrected chi connectivity index (χ2v) is 7.69. The molecule has 4 N–H and O–H groups in total. The summed E-state index contributed by atoms with van der Waals surface area (Å²) in [6.07, 6.45) is 1.77. The Bertz CT molecular complexity index is 1110. The Hall–Kier alpha value is -3.33. The molecule has 164 valence electrons. The number of rotatable bonds is 8. The van der Waals surface area contributed by atoms with Crippen LogP contribution in [0.15, 0.2) is 30.9 Å². The van der Waals surface area contributed by atoms with E-state index >= 15 is 0 Å². The van der Waals surface area contributed by atoms with Crippen LogP contribution >= 0.6 is 11.6 Å². The van der Waals surface area contributed by atoms with E-state index in [0.717, 1.165) is 22.3 Å². The van der Waals surface area contributed by atoms with Gasteiger partial charge >= 0.3 is 6.03 Å². The molecule has 0 aromatic carbocycles. The summed E-state index contributed by atoms with van der Waals surface area (Å²) in [4.78, 5) is 21.2. The van der Waals surface area contributed by atoms with E-state index in [2.05, 4.69) is 57.0 Å². The highest BCUT2D eigenvalue weighted by atomic mass is 35.5. The van der Waals surface area contributed by atoms with Crippen LogP contribution in [0.2, 0.25) is 5.15 Å². The highest BCUT2D eigenvalue weighted by Crippen LogP contribution is 2.29. The molecular weight excluding hydrogens is 416 g/mol. The smallest absolute Gasteiger partial charge is 0.337 e. The number of hydrogen-bond acceptors (Lipinski definition) is 6. The second-order valence-electron chi connectivity index (χ2n) is 7.30. The number of hydrogen-bond donors (Lipinski definition) is 4. The summed E-state index contributed by atoms with van der Waals surface area (Å²) < 4.78 is 1.80. The number of urea groups is 1. The fourth-order valence-electron chi connectivity index (χ4n) is 3.28. The van der Waals surface area contributed by atoms with E-state index in [4.69, 9.17) is 11.6 Å². The third-order valence-electron chi connectivity index (χ3n) is 4.55. The number of carbonyl (C=O) groups excluding carboxylic acids is 1. The monoisotopic (exact) mass is 442 g/mol. The van der Waals surface area contributed by atoms with Crippen LogP contribution in [-0.4, -0.2) is 32.3 Å². The zero-order valence-electron chi connectivity index (χ0n) is 18.1. The van der Waals surface area contributed by atoms with Gasteiger partial charge in [-0.3, -0.25) is 10.9 Å². The Labute approximate surface area is 186 Å². The molecule has 3 aromatic heterocycles. The van der Waals surface area contributed by atoms with Crippen molar-refractivity contribution in [1.82, 2.24) is 25.2 Å². The molecule has 3 aromatic rings. The van der Waals surface area contributed by atoms with Gasteiger partial charge < -0.3 is 10.6 Å². The predicted molar refractivity (Wildman–Crippen MR) is 126 cm³/mol. The number of amides is 2. The van der Waals surface area contributed by atoms with Crippen molar-refractivity contribution >= 4 is 46.0 Å². The minimum absolute atomic E-state index is 0.253. The molecule has 9 nitrogen and oxygen atoms in total. The largest absolute Gasteiger partial charge is 0.370 e. The number of aromatic nitrogens is 4. The van der Waals surface area contributed by atoms with Gasteiger partial charge in [-0.25, -0.2) is 19.4 Å². The van der Waals surface area contributed by atoms with Crippen molar-refractivity contribution < 1.29 is 4.79 Å². The fraction of sp³-hybridized carbons (Fsp3) is 0.333. The first-order valence-corrected chi connectivity index (χ1v) is 10.4. The molecule has 0 aliphatic carbocycles. The predicted octanol–water partition coefficient (Wildman–Crippen LogP) is 4.68. The maximum atomic E-state index is 12.4. The van der Waals surface area contributed by atoms with Gasteiger partial charge in [0.05, 0.1) is 12.2 Å². The zero-order chi connectivity index (χ0) is 22.5. The first kappa shape index (κ1) is 22.4. The molecule has 31 heavy (non-hydrogen) atoms. The van der Waals surface area contributed by atoms with E-state index in [-0.39, 0.29) is 11.1 Å². The van der Waals surface area contributed by atoms with Crippen molar-refractivity contribution in [2.24, 2.45) is 0 Å². The van der Waals surface area contributed by atoms with Crippen LogP contribution < -0.4 is 21.5 Å². The average Bonchev–Trinajstić information content (AvgIpc) is 3.01. The van der Waals surface area contributed by atoms with Crippen molar-refractivity contribution in [3.63, 3.8) is 0 Å². The molecule has 0 aliphatic heterocycles. The van der Waals surface area contributed by atoms with Gasteiger partial charge in [0, 0.05) is 23.7 Å². The number of aryl methyl sites for hydroxylation is 1. The van der Waals surface area contributed by atoms with Crippen molar-refractivity contribution in [3.05, 3.63) is 47.3 Å². The highest BCUT2D eigenvalue weighted by Gasteiger charge is 2.17. The maximum Gasteiger partial charge on any atom is 0.337 e. The third-order valence-corrected chi connectivity index (χ3v) is 4.74. The zero-order valence-corrected chi connectivity index (χ0v) is 18.8. The first-order valence-electron chi connectivity index (χ1n) is 10.1. The summed E-state index contributed by atoms with van der Waals surface area (Å²) in [7, 11) is 0. The number of nitrogens with zero attached hydrogens (tertiary/aromatic N) is 4. The van der Waals surface area contributed by atoms with Crippen molar-refractivity contribution in [2.45, 2.75) is 40.2 Å². The summed E-state index contributed by atoms with van der Waals surface area (Å²) in [5.74, 6) is 1.35. The van der Waals surface area contributed by atoms with Gasteiger partial charge in [-0.2, -0.15) is 5.10 Å². The molecule has 2 amide bonds. The van der Waals surface area contributed by atoms with E-state index in [9.17, 15) is 4.79 Å². The number of pyridine rings is 2. The van der Waals surface area contributed by atoms with Crippen LogP contribution in [0.4, 0.5) is 22.1 Å². The third kappa shape index (κ3) is 5.24. The first-order chi connectivity index (χ1) is 14.8. The number of hydrazine groups is 1. The number of fused-ring (bicyclic) bond motifs is 1. The normalized spacial score (nSPS) is 10.9. The maximum absolute atomic E-state index is 12.4. The van der Waals surface area contributed by atoms with Gasteiger partial charge in [0.15, 0.2) is 5.65 Å². The topological polar surface area (TPSA) is 109 Å². The van der Waals surface area contributed by atoms with Crippen LogP contribution in [0, 0.1) is 6.92 Å². The quantitative estimate of drug-likeness (QED) is 0.229. The Kier molecular flexibility index (Phi) is 6.96. The molecule has 0 spiro atoms. The number of nitrogens with one attached hydrogen (secondary N) is 4. The van der Waals surface area contributed by atoms with Gasteiger partial charge in [-0.1, -0.05) is 31.5 Å². The highest BCUT2D eigenvalue weighted by molar-refractivity contribution is 6.29. The van der Waals surface area contributed by atoms with E-state index in [0.29, 0.717) is 30.4 Å². The summed E-state index contributed by atoms with van der Waals surface area (Å²) in [6, 6.07) is 4.73. The van der Waals surface area contributed by atoms with Crippen LogP contribution in [0.3, 0.4) is 0 Å². The second kappa shape index (κ2) is 9.65. The molecule has 3 rings (SSSR count). The lowest BCUT2D eigenvalue weighted by molar-refractivity contribution is 0.254. The Morgan fingerprint density at radius 3 is 2.71 bits per heavy atom. The van der Waals surface area contributed by atoms with Crippen LogP contribution in [0.25, 0.3) is 11.0 Å². The molecule has 10 heteroatoms. The Morgan fingerprint density at radius 1 is 1.26 bits per heavy atom. The molecular formula is C21H27ClN8O. The fourth-order valence-corrected chi connectivity index (χ4v) is 3.49. The van der Waals surface area contributed by atoms with Crippen molar-refractivity contribution in [1.29, 1.82) is 0 Å². The molecule has 0 atom stereocenters. The molecule has 0 aliphatic rings. The molecule has 0 radical (unpaired) electrons. The van der Waals surface area contributed by atoms with Crippen molar-refractivity contribution in [2.75, 3.05) is 22.6 Å². The molecule has 0 fully saturated rings.